The van der Waals surface area contributed by atoms with E-state index in [9.17, 15) is 9.59 Å². The summed E-state index contributed by atoms with van der Waals surface area (Å²) in [5, 5.41) is 4.97. The van der Waals surface area contributed by atoms with Crippen LogP contribution in [0.4, 0.5) is 10.5 Å². The molecular weight excluding hydrogens is 809 g/mol. The van der Waals surface area contributed by atoms with Crippen molar-refractivity contribution in [2.75, 3.05) is 44.4 Å². The molecule has 0 radical (unpaired) electrons. The fourth-order valence-corrected chi connectivity index (χ4v) is 11.0. The van der Waals surface area contributed by atoms with E-state index < -0.39 is 17.7 Å². The topological polar surface area (TPSA) is 86.3 Å². The van der Waals surface area contributed by atoms with E-state index in [1.807, 2.05) is 12.1 Å². The van der Waals surface area contributed by atoms with Crippen molar-refractivity contribution in [1.82, 2.24) is 5.32 Å². The van der Waals surface area contributed by atoms with Crippen LogP contribution in [0.2, 0.25) is 0 Å². The number of anilines is 1. The molecule has 1 N–H and O–H groups in total. The van der Waals surface area contributed by atoms with Crippen LogP contribution in [0.1, 0.15) is 125 Å². The molecule has 65 heavy (non-hydrogen) atoms. The second-order valence-corrected chi connectivity index (χ2v) is 18.5. The predicted molar refractivity (Wildman–Crippen MR) is 261 cm³/mol. The van der Waals surface area contributed by atoms with Crippen molar-refractivity contribution in [2.45, 2.75) is 108 Å². The number of rotatable bonds is 11. The lowest BCUT2D eigenvalue weighted by Gasteiger charge is -2.40. The van der Waals surface area contributed by atoms with Gasteiger partial charge in [-0.3, -0.25) is 0 Å². The van der Waals surface area contributed by atoms with E-state index in [0.717, 1.165) is 48.2 Å². The third-order valence-corrected chi connectivity index (χ3v) is 14.2. The van der Waals surface area contributed by atoms with Gasteiger partial charge in [0.2, 0.25) is 0 Å². The summed E-state index contributed by atoms with van der Waals surface area (Å²) in [4.78, 5) is 26.3. The van der Waals surface area contributed by atoms with Gasteiger partial charge in [-0.15, -0.1) is 0 Å². The van der Waals surface area contributed by atoms with Gasteiger partial charge >= 0.3 is 12.1 Å². The van der Waals surface area contributed by atoms with Gasteiger partial charge in [-0.2, -0.15) is 0 Å². The molecule has 2 aliphatic heterocycles. The van der Waals surface area contributed by atoms with Gasteiger partial charge in [0.15, 0.2) is 5.60 Å². The van der Waals surface area contributed by atoms with Gasteiger partial charge in [0.25, 0.3) is 0 Å². The Morgan fingerprint density at radius 2 is 1.31 bits per heavy atom. The van der Waals surface area contributed by atoms with Crippen molar-refractivity contribution in [3.8, 4) is 22.6 Å². The van der Waals surface area contributed by atoms with Gasteiger partial charge in [0.05, 0.1) is 6.54 Å². The molecule has 4 aliphatic rings. The maximum Gasteiger partial charge on any atom is 0.407 e. The number of ether oxygens (including phenoxy) is 4. The minimum atomic E-state index is -0.923. The Kier molecular flexibility index (Phi) is 13.6. The maximum absolute atomic E-state index is 12.2. The van der Waals surface area contributed by atoms with E-state index in [-0.39, 0.29) is 31.8 Å². The monoisotopic (exact) mass is 872 g/mol. The first-order valence-corrected chi connectivity index (χ1v) is 24.3. The zero-order valence-electron chi connectivity index (χ0n) is 38.1. The van der Waals surface area contributed by atoms with Crippen molar-refractivity contribution in [1.29, 1.82) is 0 Å². The first-order valence-electron chi connectivity index (χ1n) is 24.3. The summed E-state index contributed by atoms with van der Waals surface area (Å²) < 4.78 is 24.2. The molecule has 5 aromatic rings. The fourth-order valence-electron chi connectivity index (χ4n) is 11.0. The smallest absolute Gasteiger partial charge is 0.407 e. The summed E-state index contributed by atoms with van der Waals surface area (Å²) >= 11 is 0. The van der Waals surface area contributed by atoms with Crippen molar-refractivity contribution >= 4 is 34.6 Å². The minimum absolute atomic E-state index is 0.0334. The predicted octanol–water partition coefficient (Wildman–Crippen LogP) is 13.0. The van der Waals surface area contributed by atoms with Gasteiger partial charge in [-0.05, 0) is 97.0 Å². The van der Waals surface area contributed by atoms with Gasteiger partial charge in [-0.25, -0.2) is 9.59 Å². The molecule has 0 bridgehead atoms. The summed E-state index contributed by atoms with van der Waals surface area (Å²) in [5.41, 5.74) is 9.55. The largest absolute Gasteiger partial charge is 0.490 e. The second-order valence-electron chi connectivity index (χ2n) is 18.5. The molecule has 2 fully saturated rings. The number of benzene rings is 5. The van der Waals surface area contributed by atoms with Crippen LogP contribution in [-0.2, 0) is 25.3 Å². The molecule has 1 spiro atoms. The second kappa shape index (κ2) is 20.0. The molecule has 9 rings (SSSR count). The van der Waals surface area contributed by atoms with Crippen LogP contribution in [0.5, 0.6) is 11.5 Å². The molecular formula is C57H64N2O6. The first kappa shape index (κ1) is 44.2. The molecule has 2 heterocycles. The Hall–Kier alpha value is -6.02. The van der Waals surface area contributed by atoms with E-state index in [1.165, 1.54) is 116 Å². The molecule has 2 aliphatic carbocycles. The highest BCUT2D eigenvalue weighted by Crippen LogP contribution is 2.61. The van der Waals surface area contributed by atoms with E-state index >= 15 is 0 Å². The van der Waals surface area contributed by atoms with E-state index in [1.54, 1.807) is 6.92 Å². The van der Waals surface area contributed by atoms with Gasteiger partial charge in [0, 0.05) is 51.8 Å². The van der Waals surface area contributed by atoms with Crippen LogP contribution in [-0.4, -0.2) is 51.5 Å². The molecule has 1 unspecified atom stereocenters. The number of amides is 1. The number of hydrogen-bond donors (Lipinski definition) is 1. The lowest BCUT2D eigenvalue weighted by molar-refractivity contribution is -0.138. The van der Waals surface area contributed by atoms with Crippen LogP contribution in [0.3, 0.4) is 0 Å². The summed E-state index contributed by atoms with van der Waals surface area (Å²) in [6.07, 6.45) is 21.8. The quantitative estimate of drug-likeness (QED) is 0.0803. The van der Waals surface area contributed by atoms with E-state index in [2.05, 4.69) is 114 Å². The van der Waals surface area contributed by atoms with Crippen LogP contribution >= 0.6 is 0 Å². The number of carbonyl (C=O) groups is 2. The molecule has 8 nitrogen and oxygen atoms in total. The van der Waals surface area contributed by atoms with Gasteiger partial charge in [-0.1, -0.05) is 143 Å². The number of esters is 1. The summed E-state index contributed by atoms with van der Waals surface area (Å²) in [7, 11) is 0. The number of carbonyl (C=O) groups excluding carboxylic acids is 2. The van der Waals surface area contributed by atoms with Gasteiger partial charge in [0.1, 0.15) is 31.3 Å². The Balaban J connectivity index is 1.05. The highest BCUT2D eigenvalue weighted by molar-refractivity contribution is 6.08. The maximum atomic E-state index is 12.2. The van der Waals surface area contributed by atoms with Crippen molar-refractivity contribution in [3.63, 3.8) is 0 Å². The Labute approximate surface area is 385 Å². The lowest BCUT2D eigenvalue weighted by Crippen LogP contribution is -2.35. The number of nitrogens with zero attached hydrogens (tertiary/aromatic N) is 1. The normalized spacial score (nSPS) is 19.1. The standard InChI is InChI=1S/C57H64N2O6/c1-41(2)54(60)63-38-35-58-55(61)64-40-39-62-45-29-25-43(26-30-45)57(42-23-27-44(28-24-42)59-36-17-10-18-37-59)34-31-49-52-51(46-19-11-12-20-47(46)53(49)65-57)48-21-13-14-22-50(48)56(52)32-15-8-6-4-3-5-7-9-16-33-56/h11-14,19-31,34H,1,3-10,15-18,32-33,35-40H2,2H3,(H,58,61). The number of alkyl carbamates (subject to hydrolysis) is 1. The first-order chi connectivity index (χ1) is 31.9. The molecule has 0 aromatic heterocycles. The average Bonchev–Trinajstić information content (AvgIpc) is 3.63. The van der Waals surface area contributed by atoms with Crippen molar-refractivity contribution in [2.24, 2.45) is 0 Å². The molecule has 8 heteroatoms. The molecule has 338 valence electrons. The zero-order chi connectivity index (χ0) is 44.6. The Bertz CT molecular complexity index is 2510. The van der Waals surface area contributed by atoms with Crippen LogP contribution in [0.15, 0.2) is 115 Å². The number of piperidine rings is 1. The highest BCUT2D eigenvalue weighted by atomic mass is 16.6. The molecule has 1 saturated heterocycles. The molecule has 1 atom stereocenters. The minimum Gasteiger partial charge on any atom is -0.490 e. The Morgan fingerprint density at radius 1 is 0.692 bits per heavy atom. The third-order valence-electron chi connectivity index (χ3n) is 14.2. The van der Waals surface area contributed by atoms with Crippen molar-refractivity contribution in [3.05, 3.63) is 143 Å². The highest BCUT2D eigenvalue weighted by Gasteiger charge is 2.48. The lowest BCUT2D eigenvalue weighted by atomic mass is 9.68. The average molecular weight is 873 g/mol. The molecule has 1 saturated carbocycles. The van der Waals surface area contributed by atoms with E-state index in [0.29, 0.717) is 11.3 Å². The number of fused-ring (bicyclic) bond motifs is 10. The van der Waals surface area contributed by atoms with Crippen molar-refractivity contribution < 1.29 is 28.5 Å². The van der Waals surface area contributed by atoms with Gasteiger partial charge < -0.3 is 29.2 Å². The molecule has 5 aromatic carbocycles. The summed E-state index contributed by atoms with van der Waals surface area (Å²) in [5.74, 6) is 1.11. The van der Waals surface area contributed by atoms with Crippen LogP contribution in [0.25, 0.3) is 28.0 Å². The Morgan fingerprint density at radius 3 is 2.00 bits per heavy atom. The van der Waals surface area contributed by atoms with E-state index in [4.69, 9.17) is 18.9 Å². The number of hydrogen-bond acceptors (Lipinski definition) is 7. The number of nitrogens with one attached hydrogen (secondary N) is 1. The summed E-state index contributed by atoms with van der Waals surface area (Å²) in [6, 6.07) is 35.4. The third kappa shape index (κ3) is 9.14. The van der Waals surface area contributed by atoms with Crippen LogP contribution in [0, 0.1) is 0 Å². The zero-order valence-corrected chi connectivity index (χ0v) is 38.1. The fraction of sp³-hybridized carbons (Fsp3) is 0.404. The SMILES string of the molecule is C=C(C)C(=O)OCCNC(=O)OCCOc1ccc(C2(c3ccc(N4CCCCC4)cc3)C=Cc3c4c(c5ccccc5c3O2)-c2ccccc2C42CCCCCCCCCCC2)cc1. The molecule has 1 amide bonds. The summed E-state index contributed by atoms with van der Waals surface area (Å²) in [6.45, 7) is 7.69. The van der Waals surface area contributed by atoms with Crippen LogP contribution < -0.4 is 19.7 Å².